The van der Waals surface area contributed by atoms with Crippen molar-refractivity contribution in [1.29, 1.82) is 0 Å². The van der Waals surface area contributed by atoms with Gasteiger partial charge in [-0.2, -0.15) is 0 Å². The van der Waals surface area contributed by atoms with Crippen molar-refractivity contribution in [2.75, 3.05) is 6.54 Å². The van der Waals surface area contributed by atoms with Gasteiger partial charge in [-0.05, 0) is 18.4 Å². The molecule has 1 amide bonds. The maximum atomic E-state index is 12.5. The molecule has 190 valence electrons. The Bertz CT molecular complexity index is 1420. The van der Waals surface area contributed by atoms with Gasteiger partial charge in [-0.1, -0.05) is 67.1 Å². The average molecular weight is 502 g/mol. The molecule has 37 heavy (non-hydrogen) atoms. The van der Waals surface area contributed by atoms with Gasteiger partial charge in [0.05, 0.1) is 0 Å². The first kappa shape index (κ1) is 25.5. The summed E-state index contributed by atoms with van der Waals surface area (Å²) in [5.74, 6) is -0.362. The van der Waals surface area contributed by atoms with E-state index in [9.17, 15) is 19.5 Å². The molecule has 0 spiro atoms. The van der Waals surface area contributed by atoms with Gasteiger partial charge in [-0.3, -0.25) is 9.59 Å². The number of phenolic OH excluding ortho intramolecular Hbond substituents is 1. The van der Waals surface area contributed by atoms with Crippen molar-refractivity contribution in [3.8, 4) is 22.8 Å². The molecule has 3 aromatic carbocycles. The fourth-order valence-corrected chi connectivity index (χ4v) is 3.77. The summed E-state index contributed by atoms with van der Waals surface area (Å²) in [7, 11) is 0. The number of fused-ring (bicyclic) bond motifs is 1. The zero-order valence-electron chi connectivity index (χ0n) is 20.1. The Morgan fingerprint density at radius 1 is 0.892 bits per heavy atom. The molecule has 0 aliphatic rings. The first-order valence-corrected chi connectivity index (χ1v) is 12.0. The molecular formula is C29H27NO7. The van der Waals surface area contributed by atoms with E-state index in [1.807, 2.05) is 48.5 Å². The van der Waals surface area contributed by atoms with Gasteiger partial charge in [-0.25, -0.2) is 4.79 Å². The molecular weight excluding hydrogens is 474 g/mol. The summed E-state index contributed by atoms with van der Waals surface area (Å²) in [6, 6.07) is 22.5. The molecule has 8 nitrogen and oxygen atoms in total. The number of aromatic hydroxyl groups is 1. The van der Waals surface area contributed by atoms with Gasteiger partial charge in [0.25, 0.3) is 0 Å². The lowest BCUT2D eigenvalue weighted by atomic mass is 10.1. The van der Waals surface area contributed by atoms with E-state index < -0.39 is 17.5 Å². The Morgan fingerprint density at radius 2 is 1.62 bits per heavy atom. The maximum Gasteiger partial charge on any atom is 0.407 e. The normalized spacial score (nSPS) is 10.7. The summed E-state index contributed by atoms with van der Waals surface area (Å²) in [5.41, 5.74) is 1.35. The van der Waals surface area contributed by atoms with Crippen molar-refractivity contribution in [2.24, 2.45) is 0 Å². The van der Waals surface area contributed by atoms with Gasteiger partial charge >= 0.3 is 12.1 Å². The molecule has 0 aliphatic carbocycles. The van der Waals surface area contributed by atoms with Crippen LogP contribution in [0.25, 0.3) is 22.3 Å². The molecule has 0 bridgehead atoms. The fourth-order valence-electron chi connectivity index (χ4n) is 3.77. The van der Waals surface area contributed by atoms with Gasteiger partial charge in [0.15, 0.2) is 5.43 Å². The number of hydrogen-bond donors (Lipinski definition) is 2. The quantitative estimate of drug-likeness (QED) is 0.166. The van der Waals surface area contributed by atoms with Gasteiger partial charge in [0, 0.05) is 36.7 Å². The summed E-state index contributed by atoms with van der Waals surface area (Å²) in [6.07, 6.45) is 1.61. The highest BCUT2D eigenvalue weighted by Gasteiger charge is 2.14. The number of carbonyl (C=O) groups excluding carboxylic acids is 2. The predicted octanol–water partition coefficient (Wildman–Crippen LogP) is 5.56. The number of hydrogen-bond acceptors (Lipinski definition) is 7. The van der Waals surface area contributed by atoms with Crippen LogP contribution in [0, 0.1) is 0 Å². The second-order valence-electron chi connectivity index (χ2n) is 8.43. The molecule has 4 aromatic rings. The van der Waals surface area contributed by atoms with Crippen LogP contribution in [-0.2, 0) is 16.1 Å². The molecule has 1 aromatic heterocycles. The molecule has 0 aliphatic heterocycles. The number of unbranched alkanes of at least 4 members (excludes halogenated alkanes) is 2. The minimum Gasteiger partial charge on any atom is -0.507 e. The first-order valence-electron chi connectivity index (χ1n) is 12.0. The molecule has 4 rings (SSSR count). The van der Waals surface area contributed by atoms with Gasteiger partial charge in [0.2, 0.25) is 0 Å². The van der Waals surface area contributed by atoms with E-state index >= 15 is 0 Å². The summed E-state index contributed by atoms with van der Waals surface area (Å²) >= 11 is 0. The van der Waals surface area contributed by atoms with Crippen molar-refractivity contribution in [1.82, 2.24) is 5.32 Å². The Morgan fingerprint density at radius 3 is 2.38 bits per heavy atom. The monoisotopic (exact) mass is 501 g/mol. The summed E-state index contributed by atoms with van der Waals surface area (Å²) in [4.78, 5) is 36.6. The minimum atomic E-state index is -0.485. The molecule has 0 unspecified atom stereocenters. The number of benzene rings is 3. The van der Waals surface area contributed by atoms with Crippen LogP contribution in [0.5, 0.6) is 11.5 Å². The summed E-state index contributed by atoms with van der Waals surface area (Å²) in [5, 5.41) is 13.0. The van der Waals surface area contributed by atoms with E-state index in [0.29, 0.717) is 37.1 Å². The molecule has 2 N–H and O–H groups in total. The number of ether oxygens (including phenoxy) is 2. The topological polar surface area (TPSA) is 115 Å². The maximum absolute atomic E-state index is 12.5. The molecule has 0 saturated carbocycles. The zero-order chi connectivity index (χ0) is 26.0. The fraction of sp³-hybridized carbons (Fsp3) is 0.207. The Hall–Kier alpha value is -4.59. The smallest absolute Gasteiger partial charge is 0.407 e. The number of esters is 1. The number of alkyl carbamates (subject to hydrolysis) is 1. The van der Waals surface area contributed by atoms with Crippen LogP contribution in [-0.4, -0.2) is 23.7 Å². The molecule has 8 heteroatoms. The molecule has 0 radical (unpaired) electrons. The first-order chi connectivity index (χ1) is 18.0. The third-order valence-corrected chi connectivity index (χ3v) is 5.61. The van der Waals surface area contributed by atoms with E-state index in [1.165, 1.54) is 18.2 Å². The number of nitrogens with one attached hydrogen (secondary N) is 1. The highest BCUT2D eigenvalue weighted by atomic mass is 16.5. The second-order valence-corrected chi connectivity index (χ2v) is 8.43. The second kappa shape index (κ2) is 12.4. The van der Waals surface area contributed by atoms with Crippen LogP contribution in [0.1, 0.15) is 31.2 Å². The molecule has 1 heterocycles. The van der Waals surface area contributed by atoms with Crippen molar-refractivity contribution in [3.63, 3.8) is 0 Å². The molecule has 0 fully saturated rings. The summed E-state index contributed by atoms with van der Waals surface area (Å²) in [6.45, 7) is 0.643. The molecule has 0 saturated heterocycles. The third kappa shape index (κ3) is 7.20. The van der Waals surface area contributed by atoms with Gasteiger partial charge in [-0.15, -0.1) is 0 Å². The number of amides is 1. The van der Waals surface area contributed by atoms with Crippen LogP contribution in [0.3, 0.4) is 0 Å². The number of rotatable bonds is 10. The van der Waals surface area contributed by atoms with E-state index in [0.717, 1.165) is 5.56 Å². The average Bonchev–Trinajstić information content (AvgIpc) is 2.90. The van der Waals surface area contributed by atoms with Crippen LogP contribution < -0.4 is 15.5 Å². The third-order valence-electron chi connectivity index (χ3n) is 5.61. The lowest BCUT2D eigenvalue weighted by molar-refractivity contribution is -0.134. The minimum absolute atomic E-state index is 0.0225. The standard InChI is InChI=1S/C29H27NO7/c31-23-16-22(17-26-28(23)24(32)18-25(37-26)21-12-6-2-7-13-21)36-27(33)14-8-3-9-15-30-29(34)35-19-20-10-4-1-5-11-20/h1-2,4-7,10-13,16-18,31H,3,8-9,14-15,19H2,(H,30,34). The van der Waals surface area contributed by atoms with Gasteiger partial charge in [0.1, 0.15) is 34.8 Å². The predicted molar refractivity (Wildman–Crippen MR) is 138 cm³/mol. The Balaban J connectivity index is 1.23. The lowest BCUT2D eigenvalue weighted by Crippen LogP contribution is -2.25. The number of carbonyl (C=O) groups is 2. The van der Waals surface area contributed by atoms with Crippen LogP contribution in [0.4, 0.5) is 4.79 Å². The highest BCUT2D eigenvalue weighted by Crippen LogP contribution is 2.31. The highest BCUT2D eigenvalue weighted by molar-refractivity contribution is 5.87. The van der Waals surface area contributed by atoms with Crippen molar-refractivity contribution >= 4 is 23.0 Å². The Kier molecular flexibility index (Phi) is 8.54. The summed E-state index contributed by atoms with van der Waals surface area (Å²) < 4.78 is 16.3. The zero-order valence-corrected chi connectivity index (χ0v) is 20.1. The van der Waals surface area contributed by atoms with E-state index in [2.05, 4.69) is 5.32 Å². The SMILES string of the molecule is O=C(CCCCCNC(=O)OCc1ccccc1)Oc1cc(O)c2c(=O)cc(-c3ccccc3)oc2c1. The number of phenols is 1. The van der Waals surface area contributed by atoms with E-state index in [1.54, 1.807) is 12.1 Å². The van der Waals surface area contributed by atoms with Crippen molar-refractivity contribution in [2.45, 2.75) is 32.3 Å². The lowest BCUT2D eigenvalue weighted by Gasteiger charge is -2.09. The largest absolute Gasteiger partial charge is 0.507 e. The van der Waals surface area contributed by atoms with Crippen LogP contribution in [0.15, 0.2) is 88.1 Å². The van der Waals surface area contributed by atoms with E-state index in [-0.39, 0.29) is 35.5 Å². The van der Waals surface area contributed by atoms with Crippen molar-refractivity contribution in [3.05, 3.63) is 94.6 Å². The van der Waals surface area contributed by atoms with Crippen LogP contribution in [0.2, 0.25) is 0 Å². The molecule has 0 atom stereocenters. The van der Waals surface area contributed by atoms with Crippen molar-refractivity contribution < 1.29 is 28.6 Å². The van der Waals surface area contributed by atoms with E-state index in [4.69, 9.17) is 13.9 Å². The Labute approximate surface area is 213 Å². The van der Waals surface area contributed by atoms with Gasteiger partial charge < -0.3 is 24.3 Å². The van der Waals surface area contributed by atoms with Crippen LogP contribution >= 0.6 is 0 Å².